The van der Waals surface area contributed by atoms with E-state index in [-0.39, 0.29) is 10.8 Å². The lowest BCUT2D eigenvalue weighted by atomic mass is 9.80. The molecule has 0 spiro atoms. The zero-order valence-corrected chi connectivity index (χ0v) is 29.5. The standard InChI is InChI=1S/C50H39N/c1-49(2)46-30-35-15-9-8-14-34(35)29-44(46)42-27-24-39(31-47(42)49)51(37-21-18-33(19-22-37)32-12-6-5-7-13-32)38-23-26-40-36(28-38)20-25-43-41-16-10-11-17-45(41)50(3,4)48(40)43/h5-31H,1-4H3. The molecule has 1 nitrogen and oxygen atoms in total. The predicted octanol–water partition coefficient (Wildman–Crippen LogP) is 13.7. The molecular weight excluding hydrogens is 615 g/mol. The molecule has 8 aromatic carbocycles. The van der Waals surface area contributed by atoms with Gasteiger partial charge in [0.2, 0.25) is 0 Å². The minimum absolute atomic E-state index is 0.0642. The van der Waals surface area contributed by atoms with Gasteiger partial charge >= 0.3 is 0 Å². The molecule has 0 aliphatic heterocycles. The molecular formula is C50H39N. The zero-order chi connectivity index (χ0) is 34.5. The summed E-state index contributed by atoms with van der Waals surface area (Å²) < 4.78 is 0. The highest BCUT2D eigenvalue weighted by Crippen LogP contribution is 2.53. The second-order valence-corrected chi connectivity index (χ2v) is 15.4. The Kier molecular flexibility index (Phi) is 6.34. The van der Waals surface area contributed by atoms with E-state index in [0.717, 1.165) is 11.4 Å². The second kappa shape index (κ2) is 10.8. The third-order valence-electron chi connectivity index (χ3n) is 11.8. The number of anilines is 3. The minimum Gasteiger partial charge on any atom is -0.310 e. The van der Waals surface area contributed by atoms with Gasteiger partial charge in [0.25, 0.3) is 0 Å². The van der Waals surface area contributed by atoms with Crippen LogP contribution in [0.15, 0.2) is 164 Å². The molecule has 10 rings (SSSR count). The molecule has 0 fully saturated rings. The molecule has 0 aromatic heterocycles. The molecule has 244 valence electrons. The Balaban J connectivity index is 1.14. The van der Waals surface area contributed by atoms with E-state index in [1.165, 1.54) is 82.9 Å². The van der Waals surface area contributed by atoms with Crippen LogP contribution in [0, 0.1) is 0 Å². The molecule has 2 aliphatic rings. The van der Waals surface area contributed by atoms with Crippen molar-refractivity contribution in [2.24, 2.45) is 0 Å². The summed E-state index contributed by atoms with van der Waals surface area (Å²) in [5, 5.41) is 5.18. The van der Waals surface area contributed by atoms with E-state index < -0.39 is 0 Å². The zero-order valence-electron chi connectivity index (χ0n) is 29.5. The summed E-state index contributed by atoms with van der Waals surface area (Å²) in [6.07, 6.45) is 0. The highest BCUT2D eigenvalue weighted by Gasteiger charge is 2.38. The van der Waals surface area contributed by atoms with Crippen molar-refractivity contribution >= 4 is 38.6 Å². The van der Waals surface area contributed by atoms with Crippen molar-refractivity contribution in [3.63, 3.8) is 0 Å². The van der Waals surface area contributed by atoms with Crippen molar-refractivity contribution in [2.45, 2.75) is 38.5 Å². The van der Waals surface area contributed by atoms with Crippen LogP contribution in [0.5, 0.6) is 0 Å². The van der Waals surface area contributed by atoms with Gasteiger partial charge in [-0.05, 0) is 126 Å². The van der Waals surface area contributed by atoms with Gasteiger partial charge in [0, 0.05) is 27.9 Å². The third-order valence-corrected chi connectivity index (χ3v) is 11.8. The molecule has 0 saturated heterocycles. The highest BCUT2D eigenvalue weighted by atomic mass is 15.1. The van der Waals surface area contributed by atoms with E-state index >= 15 is 0 Å². The Morgan fingerprint density at radius 3 is 1.75 bits per heavy atom. The average Bonchev–Trinajstić information content (AvgIpc) is 3.53. The van der Waals surface area contributed by atoms with Crippen LogP contribution < -0.4 is 4.90 Å². The van der Waals surface area contributed by atoms with E-state index in [9.17, 15) is 0 Å². The van der Waals surface area contributed by atoms with Crippen molar-refractivity contribution in [3.05, 3.63) is 186 Å². The number of hydrogen-bond acceptors (Lipinski definition) is 1. The van der Waals surface area contributed by atoms with Crippen molar-refractivity contribution in [3.8, 4) is 33.4 Å². The summed E-state index contributed by atoms with van der Waals surface area (Å²) in [5.41, 5.74) is 16.7. The van der Waals surface area contributed by atoms with Crippen LogP contribution in [0.1, 0.15) is 49.9 Å². The number of nitrogens with zero attached hydrogens (tertiary/aromatic N) is 1. The lowest BCUT2D eigenvalue weighted by Crippen LogP contribution is -2.17. The Morgan fingerprint density at radius 2 is 0.941 bits per heavy atom. The predicted molar refractivity (Wildman–Crippen MR) is 217 cm³/mol. The highest BCUT2D eigenvalue weighted by molar-refractivity contribution is 6.00. The molecule has 0 atom stereocenters. The molecule has 1 heteroatoms. The van der Waals surface area contributed by atoms with Gasteiger partial charge in [-0.15, -0.1) is 0 Å². The smallest absolute Gasteiger partial charge is 0.0468 e. The van der Waals surface area contributed by atoms with Gasteiger partial charge in [0.1, 0.15) is 0 Å². The second-order valence-electron chi connectivity index (χ2n) is 15.4. The van der Waals surface area contributed by atoms with Crippen molar-refractivity contribution in [1.82, 2.24) is 0 Å². The number of benzene rings is 8. The third kappa shape index (κ3) is 4.41. The van der Waals surface area contributed by atoms with E-state index in [0.29, 0.717) is 0 Å². The SMILES string of the molecule is CC1(C)c2cc(N(c3ccc(-c4ccccc4)cc3)c3ccc4c5c(ccc4c3)-c3ccccc3C5(C)C)ccc2-c2cc3ccccc3cc21. The lowest BCUT2D eigenvalue weighted by molar-refractivity contribution is 0.661. The maximum Gasteiger partial charge on any atom is 0.0468 e. The Hall–Kier alpha value is -5.92. The molecule has 0 saturated carbocycles. The first-order chi connectivity index (χ1) is 24.8. The first-order valence-corrected chi connectivity index (χ1v) is 18.1. The van der Waals surface area contributed by atoms with Gasteiger partial charge in [0.15, 0.2) is 0 Å². The molecule has 51 heavy (non-hydrogen) atoms. The van der Waals surface area contributed by atoms with E-state index in [1.54, 1.807) is 0 Å². The summed E-state index contributed by atoms with van der Waals surface area (Å²) in [6.45, 7) is 9.51. The summed E-state index contributed by atoms with van der Waals surface area (Å²) in [5.74, 6) is 0. The van der Waals surface area contributed by atoms with Crippen molar-refractivity contribution < 1.29 is 0 Å². The summed E-state index contributed by atoms with van der Waals surface area (Å²) in [6, 6.07) is 61.0. The molecule has 2 aliphatic carbocycles. The normalized spacial score (nSPS) is 14.6. The quantitative estimate of drug-likeness (QED) is 0.183. The average molecular weight is 654 g/mol. The van der Waals surface area contributed by atoms with Crippen LogP contribution in [-0.4, -0.2) is 0 Å². The monoisotopic (exact) mass is 653 g/mol. The van der Waals surface area contributed by atoms with Crippen molar-refractivity contribution in [2.75, 3.05) is 4.90 Å². The van der Waals surface area contributed by atoms with Gasteiger partial charge in [-0.1, -0.05) is 143 Å². The molecule has 0 bridgehead atoms. The number of fused-ring (bicyclic) bond motifs is 9. The van der Waals surface area contributed by atoms with Crippen LogP contribution in [0.4, 0.5) is 17.1 Å². The minimum atomic E-state index is -0.127. The summed E-state index contributed by atoms with van der Waals surface area (Å²) in [7, 11) is 0. The summed E-state index contributed by atoms with van der Waals surface area (Å²) >= 11 is 0. The van der Waals surface area contributed by atoms with E-state index in [1.807, 2.05) is 0 Å². The topological polar surface area (TPSA) is 3.24 Å². The lowest BCUT2D eigenvalue weighted by Gasteiger charge is -2.29. The summed E-state index contributed by atoms with van der Waals surface area (Å²) in [4.78, 5) is 2.44. The first-order valence-electron chi connectivity index (χ1n) is 18.1. The van der Waals surface area contributed by atoms with Crippen LogP contribution >= 0.6 is 0 Å². The van der Waals surface area contributed by atoms with Crippen LogP contribution in [0.2, 0.25) is 0 Å². The van der Waals surface area contributed by atoms with Crippen LogP contribution in [0.3, 0.4) is 0 Å². The first kappa shape index (κ1) is 29.9. The fourth-order valence-electron chi connectivity index (χ4n) is 9.18. The molecule has 0 N–H and O–H groups in total. The molecule has 0 amide bonds. The fourth-order valence-corrected chi connectivity index (χ4v) is 9.18. The van der Waals surface area contributed by atoms with Crippen LogP contribution in [0.25, 0.3) is 54.9 Å². The Labute approximate surface area is 300 Å². The van der Waals surface area contributed by atoms with Gasteiger partial charge in [-0.2, -0.15) is 0 Å². The van der Waals surface area contributed by atoms with Gasteiger partial charge in [-0.3, -0.25) is 0 Å². The van der Waals surface area contributed by atoms with Gasteiger partial charge in [-0.25, -0.2) is 0 Å². The number of rotatable bonds is 4. The van der Waals surface area contributed by atoms with E-state index in [4.69, 9.17) is 0 Å². The number of hydrogen-bond donors (Lipinski definition) is 0. The van der Waals surface area contributed by atoms with Gasteiger partial charge < -0.3 is 4.90 Å². The Bertz CT molecular complexity index is 2680. The maximum atomic E-state index is 2.44. The largest absolute Gasteiger partial charge is 0.310 e. The fraction of sp³-hybridized carbons (Fsp3) is 0.120. The molecule has 0 heterocycles. The van der Waals surface area contributed by atoms with E-state index in [2.05, 4.69) is 196 Å². The molecule has 0 unspecified atom stereocenters. The molecule has 8 aromatic rings. The maximum absolute atomic E-state index is 2.44. The Morgan fingerprint density at radius 1 is 0.353 bits per heavy atom. The van der Waals surface area contributed by atoms with Crippen molar-refractivity contribution in [1.29, 1.82) is 0 Å². The molecule has 0 radical (unpaired) electrons. The van der Waals surface area contributed by atoms with Gasteiger partial charge in [0.05, 0.1) is 0 Å². The van der Waals surface area contributed by atoms with Crippen LogP contribution in [-0.2, 0) is 10.8 Å².